The number of carbonyl (C=O) groups is 1. The van der Waals surface area contributed by atoms with Gasteiger partial charge in [0.15, 0.2) is 0 Å². The topological polar surface area (TPSA) is 59.4 Å². The molecule has 0 saturated carbocycles. The Morgan fingerprint density at radius 2 is 1.96 bits per heavy atom. The zero-order chi connectivity index (χ0) is 18.5. The number of hydrogen-bond donors (Lipinski definition) is 1. The first kappa shape index (κ1) is 20.8. The molecule has 0 aliphatic carbocycles. The maximum absolute atomic E-state index is 12.5. The van der Waals surface area contributed by atoms with E-state index in [-0.39, 0.29) is 5.92 Å². The van der Waals surface area contributed by atoms with E-state index in [1.807, 2.05) is 6.92 Å². The highest BCUT2D eigenvalue weighted by Crippen LogP contribution is 2.31. The molecule has 0 aliphatic rings. The number of aromatic nitrogens is 1. The summed E-state index contributed by atoms with van der Waals surface area (Å²) >= 11 is 0.945. The van der Waals surface area contributed by atoms with E-state index in [2.05, 4.69) is 4.98 Å². The number of hydrogen-bond acceptors (Lipinski definition) is 5. The van der Waals surface area contributed by atoms with Crippen molar-refractivity contribution in [3.8, 4) is 0 Å². The third-order valence-corrected chi connectivity index (χ3v) is 4.11. The largest absolute Gasteiger partial charge is 0.452 e. The first-order valence-corrected chi connectivity index (χ1v) is 8.49. The van der Waals surface area contributed by atoms with Gasteiger partial charge in [-0.3, -0.25) is 4.98 Å². The first-order valence-electron chi connectivity index (χ1n) is 7.51. The molecule has 0 spiro atoms. The van der Waals surface area contributed by atoms with Gasteiger partial charge in [0.05, 0.1) is 6.10 Å². The molecule has 0 bridgehead atoms. The van der Waals surface area contributed by atoms with E-state index in [9.17, 15) is 23.1 Å². The number of alkyl halides is 3. The van der Waals surface area contributed by atoms with Crippen LogP contribution in [0.15, 0.2) is 18.3 Å². The summed E-state index contributed by atoms with van der Waals surface area (Å²) in [6, 6.07) is 2.05. The molecule has 0 aliphatic heterocycles. The number of halogens is 3. The summed E-state index contributed by atoms with van der Waals surface area (Å²) in [4.78, 5) is 15.1. The van der Waals surface area contributed by atoms with Crippen LogP contribution in [0.3, 0.4) is 0 Å². The third-order valence-electron chi connectivity index (χ3n) is 3.19. The normalized spacial score (nSPS) is 15.0. The van der Waals surface area contributed by atoms with Crippen molar-refractivity contribution in [1.82, 2.24) is 4.98 Å². The summed E-state index contributed by atoms with van der Waals surface area (Å²) in [5.74, 6) is -0.00537. The van der Waals surface area contributed by atoms with Crippen LogP contribution in [0.5, 0.6) is 0 Å². The molecule has 0 radical (unpaired) electrons. The Balaban J connectivity index is 2.69. The van der Waals surface area contributed by atoms with Crippen LogP contribution in [0.4, 0.5) is 18.0 Å². The van der Waals surface area contributed by atoms with Gasteiger partial charge in [-0.25, -0.2) is 4.79 Å². The highest BCUT2D eigenvalue weighted by Gasteiger charge is 2.32. The summed E-state index contributed by atoms with van der Waals surface area (Å²) in [7, 11) is 0. The van der Waals surface area contributed by atoms with Gasteiger partial charge in [0.25, 0.3) is 0 Å². The number of carbonyl (C=O) groups excluding carboxylic acids is 1. The third kappa shape index (κ3) is 6.68. The molecule has 1 aromatic heterocycles. The molecule has 1 rings (SSSR count). The summed E-state index contributed by atoms with van der Waals surface area (Å²) in [6.07, 6.45) is -3.94. The summed E-state index contributed by atoms with van der Waals surface area (Å²) < 4.78 is 42.7. The Bertz CT molecular complexity index is 541. The minimum Gasteiger partial charge on any atom is -0.452 e. The molecule has 1 aromatic rings. The van der Waals surface area contributed by atoms with Gasteiger partial charge in [-0.1, -0.05) is 13.0 Å². The Morgan fingerprint density at radius 3 is 2.38 bits per heavy atom. The highest BCUT2D eigenvalue weighted by atomic mass is 32.2. The summed E-state index contributed by atoms with van der Waals surface area (Å²) in [5.41, 5.74) is -1.31. The van der Waals surface area contributed by atoms with Gasteiger partial charge < -0.3 is 9.84 Å². The maximum atomic E-state index is 12.5. The van der Waals surface area contributed by atoms with Crippen LogP contribution in [-0.2, 0) is 10.9 Å². The lowest BCUT2D eigenvalue weighted by Gasteiger charge is -2.23. The molecule has 1 N–H and O–H groups in total. The van der Waals surface area contributed by atoms with Crippen molar-refractivity contribution in [2.45, 2.75) is 52.0 Å². The van der Waals surface area contributed by atoms with Crippen LogP contribution in [-0.4, -0.2) is 26.7 Å². The molecule has 0 saturated heterocycles. The second-order valence-electron chi connectivity index (χ2n) is 6.36. The van der Waals surface area contributed by atoms with Crippen molar-refractivity contribution in [2.75, 3.05) is 5.75 Å². The molecule has 2 unspecified atom stereocenters. The van der Waals surface area contributed by atoms with Crippen LogP contribution >= 0.6 is 11.8 Å². The van der Waals surface area contributed by atoms with E-state index in [0.717, 1.165) is 24.0 Å². The molecule has 0 aromatic carbocycles. The highest BCUT2D eigenvalue weighted by molar-refractivity contribution is 8.13. The molecule has 24 heavy (non-hydrogen) atoms. The SMILES string of the molecule is CCC(CSC(=O)OC(C)(C)C)C(O)c1ccc(C(F)(F)F)nc1. The average Bonchev–Trinajstić information content (AvgIpc) is 2.45. The van der Waals surface area contributed by atoms with Crippen molar-refractivity contribution in [3.05, 3.63) is 29.6 Å². The van der Waals surface area contributed by atoms with Crippen molar-refractivity contribution in [2.24, 2.45) is 5.92 Å². The van der Waals surface area contributed by atoms with Crippen LogP contribution in [0, 0.1) is 5.92 Å². The number of aliphatic hydroxyl groups is 1. The molecule has 4 nitrogen and oxygen atoms in total. The minimum absolute atomic E-state index is 0.291. The Morgan fingerprint density at radius 1 is 1.33 bits per heavy atom. The lowest BCUT2D eigenvalue weighted by atomic mass is 9.96. The van der Waals surface area contributed by atoms with Crippen molar-refractivity contribution in [1.29, 1.82) is 0 Å². The van der Waals surface area contributed by atoms with Gasteiger partial charge >= 0.3 is 11.5 Å². The van der Waals surface area contributed by atoms with Crippen LogP contribution in [0.1, 0.15) is 51.5 Å². The average molecular weight is 365 g/mol. The zero-order valence-corrected chi connectivity index (χ0v) is 14.9. The van der Waals surface area contributed by atoms with E-state index in [1.54, 1.807) is 20.8 Å². The molecule has 1 heterocycles. The van der Waals surface area contributed by atoms with Crippen LogP contribution in [0.25, 0.3) is 0 Å². The second kappa shape index (κ2) is 8.20. The van der Waals surface area contributed by atoms with Crippen LogP contribution < -0.4 is 0 Å². The number of aliphatic hydroxyl groups excluding tert-OH is 1. The standard InChI is InChI=1S/C16H22F3NO3S/c1-5-10(9-24-14(22)23-15(2,3)4)13(21)11-6-7-12(20-8-11)16(17,18)19/h6-8,10,13,21H,5,9H2,1-4H3. The van der Waals surface area contributed by atoms with E-state index in [1.165, 1.54) is 6.07 Å². The fourth-order valence-corrected chi connectivity index (χ4v) is 2.98. The lowest BCUT2D eigenvalue weighted by Crippen LogP contribution is -2.23. The molecule has 0 amide bonds. The molecule has 8 heteroatoms. The lowest BCUT2D eigenvalue weighted by molar-refractivity contribution is -0.141. The quantitative estimate of drug-likeness (QED) is 0.758. The molecular formula is C16H22F3NO3S. The predicted molar refractivity (Wildman–Crippen MR) is 86.7 cm³/mol. The number of thioether (sulfide) groups is 1. The van der Waals surface area contributed by atoms with E-state index < -0.39 is 28.9 Å². The minimum atomic E-state index is -4.51. The fourth-order valence-electron chi connectivity index (χ4n) is 1.91. The summed E-state index contributed by atoms with van der Waals surface area (Å²) in [6.45, 7) is 7.10. The molecule has 136 valence electrons. The Kier molecular flexibility index (Phi) is 7.10. The van der Waals surface area contributed by atoms with Crippen LogP contribution in [0.2, 0.25) is 0 Å². The number of ether oxygens (including phenoxy) is 1. The van der Waals surface area contributed by atoms with Gasteiger partial charge in [0, 0.05) is 11.9 Å². The second-order valence-corrected chi connectivity index (χ2v) is 7.32. The van der Waals surface area contributed by atoms with E-state index in [0.29, 0.717) is 17.7 Å². The summed E-state index contributed by atoms with van der Waals surface area (Å²) in [5, 5.41) is 9.89. The number of rotatable bonds is 5. The number of pyridine rings is 1. The van der Waals surface area contributed by atoms with Crippen molar-refractivity contribution in [3.63, 3.8) is 0 Å². The van der Waals surface area contributed by atoms with Gasteiger partial charge in [0.2, 0.25) is 0 Å². The smallest absolute Gasteiger partial charge is 0.433 e. The molecule has 0 fully saturated rings. The molecule has 2 atom stereocenters. The first-order chi connectivity index (χ1) is 10.9. The van der Waals surface area contributed by atoms with Gasteiger partial charge in [-0.2, -0.15) is 13.2 Å². The van der Waals surface area contributed by atoms with Gasteiger partial charge in [-0.05, 0) is 56.5 Å². The molecular weight excluding hydrogens is 343 g/mol. The van der Waals surface area contributed by atoms with Crippen molar-refractivity contribution >= 4 is 17.1 Å². The number of nitrogens with zero attached hydrogens (tertiary/aromatic N) is 1. The monoisotopic (exact) mass is 365 g/mol. The van der Waals surface area contributed by atoms with Gasteiger partial charge in [-0.15, -0.1) is 0 Å². The fraction of sp³-hybridized carbons (Fsp3) is 0.625. The van der Waals surface area contributed by atoms with E-state index >= 15 is 0 Å². The predicted octanol–water partition coefficient (Wildman–Crippen LogP) is 4.83. The maximum Gasteiger partial charge on any atom is 0.433 e. The van der Waals surface area contributed by atoms with Crippen molar-refractivity contribution < 1.29 is 27.8 Å². The van der Waals surface area contributed by atoms with E-state index in [4.69, 9.17) is 4.74 Å². The van der Waals surface area contributed by atoms with Gasteiger partial charge in [0.1, 0.15) is 11.3 Å². The zero-order valence-electron chi connectivity index (χ0n) is 14.1. The Hall–Kier alpha value is -1.28. The Labute approximate surface area is 143 Å².